The first-order chi connectivity index (χ1) is 9.17. The Morgan fingerprint density at radius 2 is 2.11 bits per heavy atom. The highest BCUT2D eigenvalue weighted by Crippen LogP contribution is 2.27. The third-order valence-corrected chi connectivity index (χ3v) is 3.81. The molecule has 2 rings (SSSR count). The first-order valence-electron chi connectivity index (χ1n) is 7.26. The fourth-order valence-corrected chi connectivity index (χ4v) is 2.79. The van der Waals surface area contributed by atoms with Crippen LogP contribution in [0.2, 0.25) is 0 Å². The van der Waals surface area contributed by atoms with E-state index in [1.54, 1.807) is 0 Å². The van der Waals surface area contributed by atoms with E-state index < -0.39 is 0 Å². The van der Waals surface area contributed by atoms with Crippen molar-refractivity contribution in [1.82, 2.24) is 4.98 Å². The molecule has 4 heteroatoms. The number of aryl methyl sites for hydroxylation is 2. The number of rotatable bonds is 5. The zero-order valence-electron chi connectivity index (χ0n) is 12.0. The van der Waals surface area contributed by atoms with E-state index in [1.807, 2.05) is 0 Å². The Balaban J connectivity index is 2.41. The molecule has 0 fully saturated rings. The molecule has 1 aliphatic rings. The summed E-state index contributed by atoms with van der Waals surface area (Å²) in [6, 6.07) is 2.54. The molecule has 0 aromatic carbocycles. The zero-order valence-corrected chi connectivity index (χ0v) is 12.0. The zero-order chi connectivity index (χ0) is 13.8. The van der Waals surface area contributed by atoms with Gasteiger partial charge in [-0.05, 0) is 51.2 Å². The average molecular weight is 263 g/mol. The van der Waals surface area contributed by atoms with Crippen LogP contribution in [0.4, 0.5) is 5.82 Å². The van der Waals surface area contributed by atoms with Crippen LogP contribution in [0.3, 0.4) is 0 Å². The van der Waals surface area contributed by atoms with Crippen molar-refractivity contribution in [2.45, 2.75) is 52.1 Å². The van der Waals surface area contributed by atoms with Crippen molar-refractivity contribution in [2.24, 2.45) is 5.73 Å². The standard InChI is InChI=1S/C15H25N3O/c1-11(2)18(7-8-19)15-13(10-16)9-12-5-3-4-6-14(12)17-15/h9,11,19H,3-8,10,16H2,1-2H3. The summed E-state index contributed by atoms with van der Waals surface area (Å²) in [6.07, 6.45) is 4.67. The average Bonchev–Trinajstić information content (AvgIpc) is 2.43. The van der Waals surface area contributed by atoms with Crippen LogP contribution in [0.5, 0.6) is 0 Å². The summed E-state index contributed by atoms with van der Waals surface area (Å²) in [6.45, 7) is 5.50. The number of pyridine rings is 1. The SMILES string of the molecule is CC(C)N(CCO)c1nc2c(cc1CN)CCCC2. The Morgan fingerprint density at radius 3 is 2.74 bits per heavy atom. The molecule has 1 aromatic rings. The van der Waals surface area contributed by atoms with Gasteiger partial charge in [0.1, 0.15) is 5.82 Å². The number of hydrogen-bond acceptors (Lipinski definition) is 4. The maximum Gasteiger partial charge on any atom is 0.133 e. The van der Waals surface area contributed by atoms with Crippen molar-refractivity contribution in [1.29, 1.82) is 0 Å². The van der Waals surface area contributed by atoms with Gasteiger partial charge in [0, 0.05) is 30.4 Å². The highest BCUT2D eigenvalue weighted by molar-refractivity contribution is 5.51. The van der Waals surface area contributed by atoms with Crippen molar-refractivity contribution in [3.05, 3.63) is 22.9 Å². The Kier molecular flexibility index (Phi) is 4.77. The van der Waals surface area contributed by atoms with E-state index in [4.69, 9.17) is 10.7 Å². The maximum absolute atomic E-state index is 9.25. The van der Waals surface area contributed by atoms with Crippen molar-refractivity contribution in [2.75, 3.05) is 18.1 Å². The minimum absolute atomic E-state index is 0.140. The normalized spacial score (nSPS) is 14.6. The molecule has 1 aromatic heterocycles. The molecule has 0 saturated carbocycles. The Morgan fingerprint density at radius 1 is 1.37 bits per heavy atom. The Bertz CT molecular complexity index is 432. The highest BCUT2D eigenvalue weighted by atomic mass is 16.3. The van der Waals surface area contributed by atoms with Gasteiger partial charge in [0.25, 0.3) is 0 Å². The minimum atomic E-state index is 0.140. The van der Waals surface area contributed by atoms with Crippen LogP contribution in [0, 0.1) is 0 Å². The molecule has 1 heterocycles. The van der Waals surface area contributed by atoms with Gasteiger partial charge in [-0.2, -0.15) is 0 Å². The van der Waals surface area contributed by atoms with Crippen LogP contribution in [0.15, 0.2) is 6.07 Å². The molecule has 0 unspecified atom stereocenters. The van der Waals surface area contributed by atoms with Crippen LogP contribution in [-0.2, 0) is 19.4 Å². The molecule has 106 valence electrons. The van der Waals surface area contributed by atoms with Crippen LogP contribution in [-0.4, -0.2) is 29.3 Å². The van der Waals surface area contributed by atoms with Gasteiger partial charge >= 0.3 is 0 Å². The lowest BCUT2D eigenvalue weighted by Gasteiger charge is -2.30. The molecule has 19 heavy (non-hydrogen) atoms. The molecular weight excluding hydrogens is 238 g/mol. The van der Waals surface area contributed by atoms with Gasteiger partial charge in [0.2, 0.25) is 0 Å². The number of aromatic nitrogens is 1. The summed E-state index contributed by atoms with van der Waals surface area (Å²) in [5.74, 6) is 0.965. The van der Waals surface area contributed by atoms with Crippen LogP contribution in [0.25, 0.3) is 0 Å². The third kappa shape index (κ3) is 3.07. The van der Waals surface area contributed by atoms with Gasteiger partial charge < -0.3 is 15.7 Å². The van der Waals surface area contributed by atoms with Gasteiger partial charge in [-0.25, -0.2) is 4.98 Å². The summed E-state index contributed by atoms with van der Waals surface area (Å²) in [5.41, 5.74) is 9.58. The lowest BCUT2D eigenvalue weighted by molar-refractivity contribution is 0.298. The largest absolute Gasteiger partial charge is 0.395 e. The minimum Gasteiger partial charge on any atom is -0.395 e. The van der Waals surface area contributed by atoms with Gasteiger partial charge in [-0.15, -0.1) is 0 Å². The van der Waals surface area contributed by atoms with Crippen molar-refractivity contribution < 1.29 is 5.11 Å². The molecule has 1 aliphatic carbocycles. The maximum atomic E-state index is 9.25. The Hall–Kier alpha value is -1.13. The van der Waals surface area contributed by atoms with Gasteiger partial charge in [0.05, 0.1) is 6.61 Å². The van der Waals surface area contributed by atoms with Crippen molar-refractivity contribution in [3.8, 4) is 0 Å². The molecule has 0 aliphatic heterocycles. The topological polar surface area (TPSA) is 62.4 Å². The van der Waals surface area contributed by atoms with E-state index in [0.717, 1.165) is 24.2 Å². The summed E-state index contributed by atoms with van der Waals surface area (Å²) in [5, 5.41) is 9.25. The van der Waals surface area contributed by atoms with E-state index in [9.17, 15) is 5.11 Å². The monoisotopic (exact) mass is 263 g/mol. The predicted octanol–water partition coefficient (Wildman–Crippen LogP) is 1.63. The number of nitrogens with two attached hydrogens (primary N) is 1. The van der Waals surface area contributed by atoms with Crippen LogP contribution >= 0.6 is 0 Å². The second-order valence-corrected chi connectivity index (χ2v) is 5.50. The first kappa shape index (κ1) is 14.3. The van der Waals surface area contributed by atoms with Gasteiger partial charge in [-0.3, -0.25) is 0 Å². The fourth-order valence-electron chi connectivity index (χ4n) is 2.79. The van der Waals surface area contributed by atoms with Gasteiger partial charge in [-0.1, -0.05) is 0 Å². The molecule has 4 nitrogen and oxygen atoms in total. The lowest BCUT2D eigenvalue weighted by atomic mass is 9.94. The molecule has 0 radical (unpaired) electrons. The van der Waals surface area contributed by atoms with Gasteiger partial charge in [0.15, 0.2) is 0 Å². The molecular formula is C15H25N3O. The van der Waals surface area contributed by atoms with Crippen LogP contribution < -0.4 is 10.6 Å². The summed E-state index contributed by atoms with van der Waals surface area (Å²) in [4.78, 5) is 7.01. The number of nitrogens with zero attached hydrogens (tertiary/aromatic N) is 2. The molecule has 0 atom stereocenters. The van der Waals surface area contributed by atoms with Crippen LogP contribution in [0.1, 0.15) is 43.5 Å². The number of aliphatic hydroxyl groups is 1. The van der Waals surface area contributed by atoms with Crippen molar-refractivity contribution in [3.63, 3.8) is 0 Å². The summed E-state index contributed by atoms with van der Waals surface area (Å²) >= 11 is 0. The quantitative estimate of drug-likeness (QED) is 0.847. The second kappa shape index (κ2) is 6.35. The smallest absolute Gasteiger partial charge is 0.133 e. The number of aliphatic hydroxyl groups excluding tert-OH is 1. The van der Waals surface area contributed by atoms with E-state index in [2.05, 4.69) is 24.8 Å². The predicted molar refractivity (Wildman–Crippen MR) is 78.3 cm³/mol. The van der Waals surface area contributed by atoms with E-state index >= 15 is 0 Å². The fraction of sp³-hybridized carbons (Fsp3) is 0.667. The second-order valence-electron chi connectivity index (χ2n) is 5.50. The number of hydrogen-bond donors (Lipinski definition) is 2. The molecule has 3 N–H and O–H groups in total. The first-order valence-corrected chi connectivity index (χ1v) is 7.26. The van der Waals surface area contributed by atoms with E-state index in [1.165, 1.54) is 24.1 Å². The molecule has 0 saturated heterocycles. The van der Waals surface area contributed by atoms with E-state index in [0.29, 0.717) is 19.1 Å². The lowest BCUT2D eigenvalue weighted by Crippen LogP contribution is -2.35. The molecule has 0 amide bonds. The van der Waals surface area contributed by atoms with Crippen molar-refractivity contribution >= 4 is 5.82 Å². The number of anilines is 1. The highest BCUT2D eigenvalue weighted by Gasteiger charge is 2.19. The van der Waals surface area contributed by atoms with E-state index in [-0.39, 0.29) is 6.61 Å². The summed E-state index contributed by atoms with van der Waals surface area (Å²) in [7, 11) is 0. The third-order valence-electron chi connectivity index (χ3n) is 3.81. The molecule has 0 bridgehead atoms. The Labute approximate surface area is 115 Å². The summed E-state index contributed by atoms with van der Waals surface area (Å²) < 4.78 is 0. The number of fused-ring (bicyclic) bond motifs is 1. The molecule has 0 spiro atoms.